The highest BCUT2D eigenvalue weighted by Gasteiger charge is 2.38. The molecule has 7 heteroatoms. The van der Waals surface area contributed by atoms with E-state index in [-0.39, 0.29) is 24.8 Å². The molecule has 32 heavy (non-hydrogen) atoms. The highest BCUT2D eigenvalue weighted by molar-refractivity contribution is 6.38. The number of carbonyl (C=O) groups excluding carboxylic acids is 4. The van der Waals surface area contributed by atoms with Crippen LogP contribution in [0.3, 0.4) is 0 Å². The van der Waals surface area contributed by atoms with Gasteiger partial charge in [-0.1, -0.05) is 60.7 Å². The minimum atomic E-state index is -0.988. The second-order valence-electron chi connectivity index (χ2n) is 8.42. The molecule has 3 amide bonds. The van der Waals surface area contributed by atoms with Crippen molar-refractivity contribution < 1.29 is 19.2 Å². The molecule has 2 fully saturated rings. The molecule has 7 nitrogen and oxygen atoms in total. The molecule has 2 atom stereocenters. The fourth-order valence-corrected chi connectivity index (χ4v) is 3.95. The lowest BCUT2D eigenvalue weighted by atomic mass is 10.0. The highest BCUT2D eigenvalue weighted by atomic mass is 16.2. The van der Waals surface area contributed by atoms with Crippen molar-refractivity contribution in [2.75, 3.05) is 0 Å². The fourth-order valence-electron chi connectivity index (χ4n) is 3.95. The van der Waals surface area contributed by atoms with E-state index in [0.29, 0.717) is 13.0 Å². The molecule has 1 saturated carbocycles. The first-order chi connectivity index (χ1) is 15.5. The Morgan fingerprint density at radius 3 is 2.16 bits per heavy atom. The number of carbonyl (C=O) groups is 4. The molecule has 2 aromatic carbocycles. The lowest BCUT2D eigenvalue weighted by Gasteiger charge is -2.26. The van der Waals surface area contributed by atoms with Gasteiger partial charge in [0.2, 0.25) is 17.6 Å². The molecule has 2 N–H and O–H groups in total. The first-order valence-electron chi connectivity index (χ1n) is 11.0. The van der Waals surface area contributed by atoms with Crippen molar-refractivity contribution in [3.63, 3.8) is 0 Å². The Kier molecular flexibility index (Phi) is 6.63. The monoisotopic (exact) mass is 433 g/mol. The summed E-state index contributed by atoms with van der Waals surface area (Å²) in [6.45, 7) is 0.331. The van der Waals surface area contributed by atoms with E-state index in [4.69, 9.17) is 0 Å². The Morgan fingerprint density at radius 1 is 0.906 bits per heavy atom. The quantitative estimate of drug-likeness (QED) is 0.589. The molecular formula is C25H27N3O4. The Hall–Kier alpha value is -3.48. The van der Waals surface area contributed by atoms with Crippen LogP contribution in [0.15, 0.2) is 60.7 Å². The molecule has 0 spiro atoms. The number of rotatable bonds is 9. The zero-order valence-electron chi connectivity index (χ0n) is 17.8. The molecule has 1 heterocycles. The number of benzene rings is 2. The summed E-state index contributed by atoms with van der Waals surface area (Å²) in [5.41, 5.74) is 1.77. The summed E-state index contributed by atoms with van der Waals surface area (Å²) < 4.78 is 0. The van der Waals surface area contributed by atoms with Crippen molar-refractivity contribution in [3.05, 3.63) is 71.8 Å². The average molecular weight is 434 g/mol. The third-order valence-electron chi connectivity index (χ3n) is 5.88. The van der Waals surface area contributed by atoms with Crippen molar-refractivity contribution in [2.45, 2.75) is 56.8 Å². The second kappa shape index (κ2) is 9.77. The summed E-state index contributed by atoms with van der Waals surface area (Å²) in [6, 6.07) is 17.1. The van der Waals surface area contributed by atoms with Crippen LogP contribution in [0.1, 0.15) is 36.8 Å². The van der Waals surface area contributed by atoms with Gasteiger partial charge < -0.3 is 15.5 Å². The molecule has 2 aliphatic rings. The van der Waals surface area contributed by atoms with E-state index in [9.17, 15) is 19.2 Å². The largest absolute Gasteiger partial charge is 0.347 e. The number of likely N-dealkylation sites (tertiary alicyclic amines) is 1. The second-order valence-corrected chi connectivity index (χ2v) is 8.42. The van der Waals surface area contributed by atoms with Gasteiger partial charge >= 0.3 is 0 Å². The molecule has 166 valence electrons. The molecule has 4 rings (SSSR count). The Bertz CT molecular complexity index is 989. The molecule has 1 saturated heterocycles. The first-order valence-corrected chi connectivity index (χ1v) is 11.0. The van der Waals surface area contributed by atoms with Crippen LogP contribution in [-0.4, -0.2) is 46.5 Å². The first kappa shape index (κ1) is 21.7. The maximum atomic E-state index is 13.2. The predicted octanol–water partition coefficient (Wildman–Crippen LogP) is 1.75. The van der Waals surface area contributed by atoms with Gasteiger partial charge in [0.15, 0.2) is 0 Å². The number of ketones is 1. The molecular weight excluding hydrogens is 406 g/mol. The van der Waals surface area contributed by atoms with Crippen LogP contribution in [0.4, 0.5) is 0 Å². The van der Waals surface area contributed by atoms with Gasteiger partial charge in [-0.05, 0) is 30.4 Å². The van der Waals surface area contributed by atoms with Crippen LogP contribution >= 0.6 is 0 Å². The summed E-state index contributed by atoms with van der Waals surface area (Å²) >= 11 is 0. The van der Waals surface area contributed by atoms with Gasteiger partial charge in [0.05, 0.1) is 0 Å². The minimum absolute atomic E-state index is 0.0494. The Morgan fingerprint density at radius 2 is 1.53 bits per heavy atom. The molecule has 2 aromatic rings. The number of Topliss-reactive ketones (excluding diaryl/α,β-unsaturated/α-hetero) is 1. The predicted molar refractivity (Wildman–Crippen MR) is 118 cm³/mol. The Balaban J connectivity index is 1.48. The summed E-state index contributed by atoms with van der Waals surface area (Å²) in [7, 11) is 0. The van der Waals surface area contributed by atoms with Crippen molar-refractivity contribution in [1.29, 1.82) is 0 Å². The number of nitrogens with one attached hydrogen (secondary N) is 2. The summed E-state index contributed by atoms with van der Waals surface area (Å²) in [5, 5.41) is 5.48. The fraction of sp³-hybridized carbons (Fsp3) is 0.360. The normalized spacial score (nSPS) is 18.8. The SMILES string of the molecule is O=C(NC1CC1)C(=O)C(Cc1ccccc1)NC(=O)C1CCC(=O)N1Cc1ccccc1. The summed E-state index contributed by atoms with van der Waals surface area (Å²) in [4.78, 5) is 52.5. The van der Waals surface area contributed by atoms with E-state index in [0.717, 1.165) is 24.0 Å². The zero-order valence-corrected chi connectivity index (χ0v) is 17.8. The molecule has 2 unspecified atom stereocenters. The van der Waals surface area contributed by atoms with Crippen molar-refractivity contribution in [1.82, 2.24) is 15.5 Å². The van der Waals surface area contributed by atoms with Gasteiger partial charge in [0, 0.05) is 25.4 Å². The summed E-state index contributed by atoms with van der Waals surface area (Å²) in [5.74, 6) is -1.82. The van der Waals surface area contributed by atoms with E-state index < -0.39 is 29.7 Å². The van der Waals surface area contributed by atoms with Crippen LogP contribution in [-0.2, 0) is 32.1 Å². The van der Waals surface area contributed by atoms with Crippen molar-refractivity contribution >= 4 is 23.5 Å². The van der Waals surface area contributed by atoms with Crippen molar-refractivity contribution in [3.8, 4) is 0 Å². The number of hydrogen-bond acceptors (Lipinski definition) is 4. The molecule has 0 radical (unpaired) electrons. The highest BCUT2D eigenvalue weighted by Crippen LogP contribution is 2.22. The van der Waals surface area contributed by atoms with Gasteiger partial charge in [-0.3, -0.25) is 19.2 Å². The van der Waals surface area contributed by atoms with E-state index in [1.807, 2.05) is 60.7 Å². The number of amides is 3. The zero-order chi connectivity index (χ0) is 22.5. The van der Waals surface area contributed by atoms with Gasteiger partial charge in [-0.15, -0.1) is 0 Å². The minimum Gasteiger partial charge on any atom is -0.347 e. The molecule has 1 aliphatic carbocycles. The number of hydrogen-bond donors (Lipinski definition) is 2. The molecule has 0 aromatic heterocycles. The van der Waals surface area contributed by atoms with Crippen molar-refractivity contribution in [2.24, 2.45) is 0 Å². The van der Waals surface area contributed by atoms with Crippen LogP contribution in [0.5, 0.6) is 0 Å². The van der Waals surface area contributed by atoms with Gasteiger partial charge in [-0.25, -0.2) is 0 Å². The third-order valence-corrected chi connectivity index (χ3v) is 5.88. The van der Waals surface area contributed by atoms with Gasteiger partial charge in [0.25, 0.3) is 5.91 Å². The lowest BCUT2D eigenvalue weighted by Crippen LogP contribution is -2.53. The number of nitrogens with zero attached hydrogens (tertiary/aromatic N) is 1. The lowest BCUT2D eigenvalue weighted by molar-refractivity contribution is -0.141. The Labute approximate surface area is 187 Å². The average Bonchev–Trinajstić information content (AvgIpc) is 3.55. The smallest absolute Gasteiger partial charge is 0.289 e. The van der Waals surface area contributed by atoms with Gasteiger partial charge in [0.1, 0.15) is 12.1 Å². The topological polar surface area (TPSA) is 95.6 Å². The van der Waals surface area contributed by atoms with E-state index >= 15 is 0 Å². The van der Waals surface area contributed by atoms with E-state index in [2.05, 4.69) is 10.6 Å². The van der Waals surface area contributed by atoms with Gasteiger partial charge in [-0.2, -0.15) is 0 Å². The van der Waals surface area contributed by atoms with Crippen LogP contribution < -0.4 is 10.6 Å². The van der Waals surface area contributed by atoms with E-state index in [1.54, 1.807) is 4.90 Å². The van der Waals surface area contributed by atoms with Crippen LogP contribution in [0, 0.1) is 0 Å². The maximum Gasteiger partial charge on any atom is 0.289 e. The standard InChI is InChI=1S/C25H27N3O4/c29-22-14-13-21(28(22)16-18-9-5-2-6-10-18)24(31)27-20(15-17-7-3-1-4-8-17)23(30)25(32)26-19-11-12-19/h1-10,19-21H,11-16H2,(H,26,32)(H,27,31). The third kappa shape index (κ3) is 5.41. The van der Waals surface area contributed by atoms with Crippen LogP contribution in [0.2, 0.25) is 0 Å². The molecule has 1 aliphatic heterocycles. The maximum absolute atomic E-state index is 13.2. The van der Waals surface area contributed by atoms with Crippen LogP contribution in [0.25, 0.3) is 0 Å². The van der Waals surface area contributed by atoms with E-state index in [1.165, 1.54) is 0 Å². The molecule has 0 bridgehead atoms. The summed E-state index contributed by atoms with van der Waals surface area (Å²) in [6.07, 6.45) is 2.62.